The smallest absolute Gasteiger partial charge is 0.333 e. The van der Waals surface area contributed by atoms with Gasteiger partial charge in [-0.3, -0.25) is 13.9 Å². The third-order valence-electron chi connectivity index (χ3n) is 7.36. The Morgan fingerprint density at radius 3 is 2.34 bits per heavy atom. The van der Waals surface area contributed by atoms with Crippen molar-refractivity contribution in [2.75, 3.05) is 14.2 Å². The van der Waals surface area contributed by atoms with Gasteiger partial charge in [0.25, 0.3) is 5.56 Å². The van der Waals surface area contributed by atoms with Crippen molar-refractivity contribution in [3.8, 4) is 22.6 Å². The number of fused-ring (bicyclic) bond motifs is 1. The molecule has 0 atom stereocenters. The van der Waals surface area contributed by atoms with Crippen molar-refractivity contribution in [2.24, 2.45) is 5.14 Å². The monoisotopic (exact) mass is 621 g/mol. The number of rotatable bonds is 11. The number of nitrogens with one attached hydrogen (secondary N) is 1. The van der Waals surface area contributed by atoms with Crippen LogP contribution in [0.2, 0.25) is 0 Å². The number of nitrogens with zero attached hydrogens (tertiary/aromatic N) is 3. The summed E-state index contributed by atoms with van der Waals surface area (Å²) >= 11 is 0. The van der Waals surface area contributed by atoms with Crippen molar-refractivity contribution >= 4 is 21.2 Å². The van der Waals surface area contributed by atoms with E-state index in [1.54, 1.807) is 36.4 Å². The minimum atomic E-state index is -4.09. The Balaban J connectivity index is 1.54. The quantitative estimate of drug-likeness (QED) is 0.228. The molecule has 0 saturated carbocycles. The molecule has 2 aromatic heterocycles. The average molecular weight is 622 g/mol. The molecule has 2 heterocycles. The molecule has 0 spiro atoms. The predicted octanol–water partition coefficient (Wildman–Crippen LogP) is 3.80. The molecular weight excluding hydrogens is 589 g/mol. The Morgan fingerprint density at radius 1 is 0.977 bits per heavy atom. The van der Waals surface area contributed by atoms with Gasteiger partial charge in [-0.15, -0.1) is 0 Å². The number of aromatic amines is 1. The molecule has 0 aliphatic carbocycles. The summed E-state index contributed by atoms with van der Waals surface area (Å²) in [6.07, 6.45) is 1.78. The first-order chi connectivity index (χ1) is 21.1. The van der Waals surface area contributed by atoms with Crippen LogP contribution < -0.4 is 25.9 Å². The van der Waals surface area contributed by atoms with Crippen LogP contribution >= 0.6 is 0 Å². The van der Waals surface area contributed by atoms with Crippen molar-refractivity contribution in [2.45, 2.75) is 44.2 Å². The molecule has 13 heteroatoms. The summed E-state index contributed by atoms with van der Waals surface area (Å²) in [5, 5.41) is 5.50. The van der Waals surface area contributed by atoms with E-state index in [2.05, 4.69) is 9.97 Å². The molecule has 5 aromatic rings. The molecule has 0 amide bonds. The van der Waals surface area contributed by atoms with Crippen LogP contribution in [0.5, 0.6) is 11.5 Å². The molecule has 0 unspecified atom stereocenters. The number of H-pyrrole nitrogens is 1. The topological polar surface area (TPSA) is 151 Å². The summed E-state index contributed by atoms with van der Waals surface area (Å²) in [4.78, 5) is 34.5. The Kier molecular flexibility index (Phi) is 8.70. The number of aryl methyl sites for hydroxylation is 1. The number of aromatic nitrogens is 4. The predicted molar refractivity (Wildman–Crippen MR) is 164 cm³/mol. The summed E-state index contributed by atoms with van der Waals surface area (Å²) in [6, 6.07) is 15.9. The Bertz CT molecular complexity index is 2070. The third kappa shape index (κ3) is 5.88. The van der Waals surface area contributed by atoms with Gasteiger partial charge < -0.3 is 14.5 Å². The molecule has 0 fully saturated rings. The number of methoxy groups -OCH3 is 2. The van der Waals surface area contributed by atoms with Gasteiger partial charge >= 0.3 is 5.69 Å². The third-order valence-corrected chi connectivity index (χ3v) is 8.31. The maximum atomic E-state index is 14.4. The van der Waals surface area contributed by atoms with Gasteiger partial charge in [-0.25, -0.2) is 27.7 Å². The highest BCUT2D eigenvalue weighted by molar-refractivity contribution is 7.89. The normalized spacial score (nSPS) is 11.7. The number of unbranched alkanes of at least 4 members (excludes halogenated alkanes) is 1. The van der Waals surface area contributed by atoms with E-state index < -0.39 is 27.1 Å². The van der Waals surface area contributed by atoms with Gasteiger partial charge in [-0.05, 0) is 35.7 Å². The molecule has 44 heavy (non-hydrogen) atoms. The molecule has 11 nitrogen and oxygen atoms in total. The van der Waals surface area contributed by atoms with Crippen LogP contribution in [0.15, 0.2) is 75.1 Å². The number of imidazole rings is 1. The molecule has 5 rings (SSSR count). The fourth-order valence-electron chi connectivity index (χ4n) is 5.15. The molecule has 3 aromatic carbocycles. The Morgan fingerprint density at radius 2 is 1.70 bits per heavy atom. The van der Waals surface area contributed by atoms with Crippen LogP contribution in [0.3, 0.4) is 0 Å². The maximum absolute atomic E-state index is 14.4. The van der Waals surface area contributed by atoms with Gasteiger partial charge in [0.1, 0.15) is 17.2 Å². The fourth-order valence-corrected chi connectivity index (χ4v) is 5.91. The minimum Gasteiger partial charge on any atom is -0.493 e. The standard InChI is InChI=1S/C31H32FN5O6S/c1-4-5-16-36-29-27(30(38)37(31(36)39)18-21-8-6-7-9-22(21)32)34-25(35-29)17-19-10-12-20(13-11-19)26-24(44(33,40)41)15-14-23(42-2)28(26)43-3/h6-15H,4-5,16-18H2,1-3H3,(H,34,35)(H2,33,40,41). The number of benzene rings is 3. The number of halogens is 1. The lowest BCUT2D eigenvalue weighted by atomic mass is 10.0. The van der Waals surface area contributed by atoms with Crippen molar-refractivity contribution in [3.63, 3.8) is 0 Å². The van der Waals surface area contributed by atoms with Crippen LogP contribution in [0.25, 0.3) is 22.3 Å². The maximum Gasteiger partial charge on any atom is 0.333 e. The van der Waals surface area contributed by atoms with E-state index >= 15 is 0 Å². The van der Waals surface area contributed by atoms with E-state index in [1.807, 2.05) is 6.92 Å². The highest BCUT2D eigenvalue weighted by atomic mass is 32.2. The lowest BCUT2D eigenvalue weighted by Gasteiger charge is -2.16. The SMILES string of the molecule is CCCCn1c(=O)n(Cc2ccccc2F)c(=O)c2[nH]c(Cc3ccc(-c4c(S(N)(=O)=O)ccc(OC)c4OC)cc3)nc21. The largest absolute Gasteiger partial charge is 0.493 e. The van der Waals surface area contributed by atoms with E-state index in [9.17, 15) is 22.4 Å². The number of sulfonamides is 1. The van der Waals surface area contributed by atoms with Gasteiger partial charge in [0, 0.05) is 24.1 Å². The van der Waals surface area contributed by atoms with E-state index in [0.717, 1.165) is 16.6 Å². The average Bonchev–Trinajstić information content (AvgIpc) is 3.42. The lowest BCUT2D eigenvalue weighted by Crippen LogP contribution is -2.40. The van der Waals surface area contributed by atoms with Gasteiger partial charge in [0.2, 0.25) is 10.0 Å². The summed E-state index contributed by atoms with van der Waals surface area (Å²) < 4.78 is 52.5. The van der Waals surface area contributed by atoms with E-state index in [-0.39, 0.29) is 45.9 Å². The van der Waals surface area contributed by atoms with E-state index in [1.165, 1.54) is 43.1 Å². The van der Waals surface area contributed by atoms with Gasteiger partial charge in [0.15, 0.2) is 17.1 Å². The molecule has 0 aliphatic rings. The first-order valence-corrected chi connectivity index (χ1v) is 15.4. The summed E-state index contributed by atoms with van der Waals surface area (Å²) in [5.41, 5.74) is 1.07. The van der Waals surface area contributed by atoms with E-state index in [0.29, 0.717) is 30.1 Å². The van der Waals surface area contributed by atoms with Crippen LogP contribution in [0.4, 0.5) is 4.39 Å². The first-order valence-electron chi connectivity index (χ1n) is 13.9. The second-order valence-corrected chi connectivity index (χ2v) is 11.8. The molecule has 0 radical (unpaired) electrons. The van der Waals surface area contributed by atoms with Crippen LogP contribution in [-0.4, -0.2) is 41.7 Å². The van der Waals surface area contributed by atoms with Gasteiger partial charge in [-0.2, -0.15) is 0 Å². The number of nitrogens with two attached hydrogens (primary N) is 1. The Hall–Kier alpha value is -4.75. The zero-order valence-electron chi connectivity index (χ0n) is 24.5. The van der Waals surface area contributed by atoms with Crippen molar-refractivity contribution < 1.29 is 22.3 Å². The van der Waals surface area contributed by atoms with Crippen molar-refractivity contribution in [1.82, 2.24) is 19.1 Å². The number of primary sulfonamides is 1. The fraction of sp³-hybridized carbons (Fsp3) is 0.258. The lowest BCUT2D eigenvalue weighted by molar-refractivity contribution is 0.355. The van der Waals surface area contributed by atoms with Crippen molar-refractivity contribution in [3.05, 3.63) is 104 Å². The Labute approximate surface area is 252 Å². The van der Waals surface area contributed by atoms with Crippen LogP contribution in [0, 0.1) is 5.82 Å². The zero-order valence-corrected chi connectivity index (χ0v) is 25.3. The molecule has 0 aliphatic heterocycles. The zero-order chi connectivity index (χ0) is 31.6. The minimum absolute atomic E-state index is 0.114. The van der Waals surface area contributed by atoms with Crippen LogP contribution in [0.1, 0.15) is 36.7 Å². The van der Waals surface area contributed by atoms with Gasteiger partial charge in [-0.1, -0.05) is 55.8 Å². The summed E-state index contributed by atoms with van der Waals surface area (Å²) in [6.45, 7) is 2.12. The number of hydrogen-bond acceptors (Lipinski definition) is 7. The molecule has 0 bridgehead atoms. The van der Waals surface area contributed by atoms with Crippen LogP contribution in [-0.2, 0) is 29.5 Å². The van der Waals surface area contributed by atoms with Crippen molar-refractivity contribution in [1.29, 1.82) is 0 Å². The van der Waals surface area contributed by atoms with Gasteiger partial charge in [0.05, 0.1) is 25.7 Å². The second kappa shape index (κ2) is 12.5. The second-order valence-electron chi connectivity index (χ2n) is 10.2. The first kappa shape index (κ1) is 30.7. The molecule has 3 N–H and O–H groups in total. The molecular formula is C31H32FN5O6S. The summed E-state index contributed by atoms with van der Waals surface area (Å²) in [7, 11) is -1.23. The number of ether oxygens (including phenoxy) is 2. The number of hydrogen-bond donors (Lipinski definition) is 2. The highest BCUT2D eigenvalue weighted by Gasteiger charge is 2.23. The summed E-state index contributed by atoms with van der Waals surface area (Å²) in [5.74, 6) is 0.509. The molecule has 0 saturated heterocycles. The highest BCUT2D eigenvalue weighted by Crippen LogP contribution is 2.42. The van der Waals surface area contributed by atoms with E-state index in [4.69, 9.17) is 14.6 Å². The molecule has 230 valence electrons.